The fourth-order valence-corrected chi connectivity index (χ4v) is 2.67. The van der Waals surface area contributed by atoms with Crippen molar-refractivity contribution < 1.29 is 9.53 Å². The van der Waals surface area contributed by atoms with E-state index in [1.807, 2.05) is 4.90 Å². The minimum atomic E-state index is -0.00487. The summed E-state index contributed by atoms with van der Waals surface area (Å²) in [7, 11) is 0. The third-order valence-corrected chi connectivity index (χ3v) is 4.93. The Balaban J connectivity index is 1.79. The summed E-state index contributed by atoms with van der Waals surface area (Å²) in [4.78, 5) is 16.6. The predicted octanol–water partition coefficient (Wildman–Crippen LogP) is 1.36. The average molecular weight is 254 g/mol. The van der Waals surface area contributed by atoms with Gasteiger partial charge in [-0.05, 0) is 13.8 Å². The van der Waals surface area contributed by atoms with Gasteiger partial charge in [-0.2, -0.15) is 0 Å². The van der Waals surface area contributed by atoms with Crippen molar-refractivity contribution >= 4 is 5.91 Å². The van der Waals surface area contributed by atoms with Gasteiger partial charge < -0.3 is 9.64 Å². The second-order valence-electron chi connectivity index (χ2n) is 6.63. The Labute approximate surface area is 110 Å². The molecule has 0 aromatic carbocycles. The lowest BCUT2D eigenvalue weighted by atomic mass is 9.65. The third-order valence-electron chi connectivity index (χ3n) is 4.93. The van der Waals surface area contributed by atoms with Crippen molar-refractivity contribution in [2.75, 3.05) is 39.4 Å². The van der Waals surface area contributed by atoms with Crippen LogP contribution in [0.25, 0.3) is 0 Å². The van der Waals surface area contributed by atoms with Crippen LogP contribution in [-0.4, -0.2) is 60.6 Å². The van der Waals surface area contributed by atoms with Crippen LogP contribution < -0.4 is 0 Å². The maximum absolute atomic E-state index is 12.2. The molecule has 2 rings (SSSR count). The second-order valence-corrected chi connectivity index (χ2v) is 6.63. The first kappa shape index (κ1) is 13.8. The maximum Gasteiger partial charge on any atom is 0.224 e. The largest absolute Gasteiger partial charge is 0.379 e. The number of rotatable bonds is 3. The number of morpholine rings is 1. The van der Waals surface area contributed by atoms with Gasteiger partial charge in [-0.1, -0.05) is 13.8 Å². The normalized spacial score (nSPS) is 26.8. The first-order valence-electron chi connectivity index (χ1n) is 6.95. The fourth-order valence-electron chi connectivity index (χ4n) is 2.67. The molecule has 18 heavy (non-hydrogen) atoms. The van der Waals surface area contributed by atoms with E-state index < -0.39 is 0 Å². The summed E-state index contributed by atoms with van der Waals surface area (Å²) in [5.74, 6) is 0.297. The molecule has 2 heterocycles. The van der Waals surface area contributed by atoms with Crippen LogP contribution in [-0.2, 0) is 9.53 Å². The minimum absolute atomic E-state index is 0.00487. The van der Waals surface area contributed by atoms with Crippen molar-refractivity contribution in [3.8, 4) is 0 Å². The zero-order chi connectivity index (χ0) is 13.4. The molecule has 2 saturated heterocycles. The van der Waals surface area contributed by atoms with Gasteiger partial charge >= 0.3 is 0 Å². The molecule has 0 spiro atoms. The van der Waals surface area contributed by atoms with Crippen LogP contribution in [0.3, 0.4) is 0 Å². The number of hydrogen-bond acceptors (Lipinski definition) is 3. The monoisotopic (exact) mass is 254 g/mol. The van der Waals surface area contributed by atoms with Crippen LogP contribution in [0.1, 0.15) is 34.1 Å². The second kappa shape index (κ2) is 4.82. The minimum Gasteiger partial charge on any atom is -0.379 e. The lowest BCUT2D eigenvalue weighted by molar-refractivity contribution is -0.167. The van der Waals surface area contributed by atoms with E-state index >= 15 is 0 Å². The summed E-state index contributed by atoms with van der Waals surface area (Å²) in [6.07, 6.45) is 0.638. The van der Waals surface area contributed by atoms with Gasteiger partial charge in [0.25, 0.3) is 0 Å². The predicted molar refractivity (Wildman–Crippen MR) is 71.4 cm³/mol. The lowest BCUT2D eigenvalue weighted by Crippen LogP contribution is -2.70. The Bertz CT molecular complexity index is 320. The molecule has 0 unspecified atom stereocenters. The van der Waals surface area contributed by atoms with Crippen molar-refractivity contribution in [2.24, 2.45) is 5.41 Å². The number of carbonyl (C=O) groups is 1. The van der Waals surface area contributed by atoms with Crippen LogP contribution in [0.4, 0.5) is 0 Å². The maximum atomic E-state index is 12.2. The molecule has 0 N–H and O–H groups in total. The summed E-state index contributed by atoms with van der Waals surface area (Å²) < 4.78 is 5.31. The molecule has 0 aliphatic carbocycles. The molecule has 0 bridgehead atoms. The van der Waals surface area contributed by atoms with Gasteiger partial charge in [0.05, 0.1) is 13.2 Å². The zero-order valence-corrected chi connectivity index (χ0v) is 12.2. The highest BCUT2D eigenvalue weighted by molar-refractivity contribution is 5.78. The summed E-state index contributed by atoms with van der Waals surface area (Å²) in [5.41, 5.74) is 0.233. The molecule has 0 radical (unpaired) electrons. The molecule has 4 nitrogen and oxygen atoms in total. The average Bonchev–Trinajstić information content (AvgIpc) is 2.34. The lowest BCUT2D eigenvalue weighted by Gasteiger charge is -2.61. The van der Waals surface area contributed by atoms with Crippen molar-refractivity contribution in [3.63, 3.8) is 0 Å². The summed E-state index contributed by atoms with van der Waals surface area (Å²) >= 11 is 0. The van der Waals surface area contributed by atoms with Crippen LogP contribution in [0.5, 0.6) is 0 Å². The number of amides is 1. The van der Waals surface area contributed by atoms with E-state index in [9.17, 15) is 4.79 Å². The molecule has 0 saturated carbocycles. The third kappa shape index (κ3) is 2.41. The van der Waals surface area contributed by atoms with Crippen molar-refractivity contribution in [1.82, 2.24) is 9.80 Å². The van der Waals surface area contributed by atoms with Gasteiger partial charge in [-0.15, -0.1) is 0 Å². The molecule has 2 aliphatic rings. The van der Waals surface area contributed by atoms with Crippen LogP contribution in [0.15, 0.2) is 0 Å². The molecule has 104 valence electrons. The number of nitrogens with zero attached hydrogens (tertiary/aromatic N) is 2. The molecule has 0 aromatic heterocycles. The standard InChI is InChI=1S/C14H26N2O2/c1-13(2)11-16(14(13,3)4)12(17)5-6-15-7-9-18-10-8-15/h5-11H2,1-4H3. The smallest absolute Gasteiger partial charge is 0.224 e. The molecule has 2 aliphatic heterocycles. The first-order chi connectivity index (χ1) is 8.34. The van der Waals surface area contributed by atoms with Gasteiger partial charge in [-0.3, -0.25) is 9.69 Å². The zero-order valence-electron chi connectivity index (χ0n) is 12.2. The van der Waals surface area contributed by atoms with Crippen molar-refractivity contribution in [1.29, 1.82) is 0 Å². The summed E-state index contributed by atoms with van der Waals surface area (Å²) in [6.45, 7) is 14.1. The molecule has 0 aromatic rings. The van der Waals surface area contributed by atoms with E-state index in [4.69, 9.17) is 4.74 Å². The van der Waals surface area contributed by atoms with E-state index in [1.54, 1.807) is 0 Å². The SMILES string of the molecule is CC1(C)CN(C(=O)CCN2CCOCC2)C1(C)C. The Morgan fingerprint density at radius 2 is 1.78 bits per heavy atom. The van der Waals surface area contributed by atoms with E-state index in [1.165, 1.54) is 0 Å². The molecular weight excluding hydrogens is 228 g/mol. The Hall–Kier alpha value is -0.610. The highest BCUT2D eigenvalue weighted by Gasteiger charge is 2.54. The molecule has 0 atom stereocenters. The van der Waals surface area contributed by atoms with Crippen molar-refractivity contribution in [2.45, 2.75) is 39.7 Å². The van der Waals surface area contributed by atoms with Gasteiger partial charge in [0, 0.05) is 43.6 Å². The quantitative estimate of drug-likeness (QED) is 0.762. The van der Waals surface area contributed by atoms with Crippen LogP contribution >= 0.6 is 0 Å². The number of likely N-dealkylation sites (tertiary alicyclic amines) is 1. The first-order valence-corrected chi connectivity index (χ1v) is 6.95. The number of ether oxygens (including phenoxy) is 1. The van der Waals surface area contributed by atoms with Gasteiger partial charge in [0.1, 0.15) is 0 Å². The Morgan fingerprint density at radius 3 is 2.28 bits per heavy atom. The fraction of sp³-hybridized carbons (Fsp3) is 0.929. The Kier molecular flexibility index (Phi) is 3.70. The summed E-state index contributed by atoms with van der Waals surface area (Å²) in [5, 5.41) is 0. The van der Waals surface area contributed by atoms with Crippen LogP contribution in [0, 0.1) is 5.41 Å². The van der Waals surface area contributed by atoms with E-state index in [0.717, 1.165) is 39.4 Å². The van der Waals surface area contributed by atoms with Crippen LogP contribution in [0.2, 0.25) is 0 Å². The van der Waals surface area contributed by atoms with Gasteiger partial charge in [0.15, 0.2) is 0 Å². The number of hydrogen-bond donors (Lipinski definition) is 0. The topological polar surface area (TPSA) is 32.8 Å². The Morgan fingerprint density at radius 1 is 1.17 bits per heavy atom. The van der Waals surface area contributed by atoms with Gasteiger partial charge in [-0.25, -0.2) is 0 Å². The highest BCUT2D eigenvalue weighted by atomic mass is 16.5. The highest BCUT2D eigenvalue weighted by Crippen LogP contribution is 2.46. The molecule has 1 amide bonds. The van der Waals surface area contributed by atoms with Gasteiger partial charge in [0.2, 0.25) is 5.91 Å². The van der Waals surface area contributed by atoms with E-state index in [2.05, 4.69) is 32.6 Å². The van der Waals surface area contributed by atoms with E-state index in [-0.39, 0.29) is 11.0 Å². The molecule has 2 fully saturated rings. The molecular formula is C14H26N2O2. The summed E-state index contributed by atoms with van der Waals surface area (Å²) in [6, 6.07) is 0. The molecule has 4 heteroatoms. The number of carbonyl (C=O) groups excluding carboxylic acids is 1. The van der Waals surface area contributed by atoms with Crippen molar-refractivity contribution in [3.05, 3.63) is 0 Å². The van der Waals surface area contributed by atoms with E-state index in [0.29, 0.717) is 12.3 Å².